The maximum absolute atomic E-state index is 12.4. The largest absolute Gasteiger partial charge is 0.369 e. The van der Waals surface area contributed by atoms with Crippen LogP contribution in [0.1, 0.15) is 0 Å². The number of carbonyl (C=O) groups excluding carboxylic acids is 1. The van der Waals surface area contributed by atoms with Crippen molar-refractivity contribution in [1.29, 1.82) is 0 Å². The van der Waals surface area contributed by atoms with Crippen LogP contribution in [0.2, 0.25) is 6.04 Å². The summed E-state index contributed by atoms with van der Waals surface area (Å²) in [5.41, 5.74) is 1.73. The number of rotatable bonds is 5. The standard InChI is InChI=1S/C16H18N2OSi/c1-2-13-20-17-16(19)18(14-9-5-3-6-10-14)15-11-7-4-8-12-15/h2-12H,1,13,20H2,(H,17,19). The summed E-state index contributed by atoms with van der Waals surface area (Å²) in [5, 5.41) is 0. The molecule has 0 fully saturated rings. The lowest BCUT2D eigenvalue weighted by Crippen LogP contribution is -2.38. The first kappa shape index (κ1) is 14.1. The lowest BCUT2D eigenvalue weighted by molar-refractivity contribution is 0.253. The van der Waals surface area contributed by atoms with Crippen molar-refractivity contribution in [2.24, 2.45) is 0 Å². The molecular weight excluding hydrogens is 264 g/mol. The van der Waals surface area contributed by atoms with E-state index in [-0.39, 0.29) is 6.03 Å². The second kappa shape index (κ2) is 7.30. The van der Waals surface area contributed by atoms with E-state index in [1.54, 1.807) is 4.90 Å². The molecule has 0 aromatic heterocycles. The fourth-order valence-corrected chi connectivity index (χ4v) is 2.62. The van der Waals surface area contributed by atoms with Crippen molar-refractivity contribution in [2.45, 2.75) is 6.04 Å². The van der Waals surface area contributed by atoms with Crippen LogP contribution in [0.5, 0.6) is 0 Å². The molecule has 3 nitrogen and oxygen atoms in total. The molecule has 4 heteroatoms. The molecule has 1 N–H and O–H groups in total. The summed E-state index contributed by atoms with van der Waals surface area (Å²) in [5.74, 6) is 0. The summed E-state index contributed by atoms with van der Waals surface area (Å²) in [6.07, 6.45) is 1.85. The Bertz CT molecular complexity index is 518. The Morgan fingerprint density at radius 3 is 2.00 bits per heavy atom. The SMILES string of the molecule is C=CC[SiH2]NC(=O)N(c1ccccc1)c1ccccc1. The summed E-state index contributed by atoms with van der Waals surface area (Å²) in [7, 11) is -0.648. The maximum Gasteiger partial charge on any atom is 0.318 e. The van der Waals surface area contributed by atoms with Gasteiger partial charge in [-0.25, -0.2) is 4.79 Å². The van der Waals surface area contributed by atoms with Gasteiger partial charge in [-0.15, -0.1) is 6.58 Å². The number of urea groups is 1. The second-order valence-corrected chi connectivity index (χ2v) is 5.75. The zero-order valence-electron chi connectivity index (χ0n) is 11.3. The van der Waals surface area contributed by atoms with Crippen LogP contribution in [0, 0.1) is 0 Å². The predicted molar refractivity (Wildman–Crippen MR) is 87.1 cm³/mol. The van der Waals surface area contributed by atoms with Crippen molar-refractivity contribution >= 4 is 27.1 Å². The van der Waals surface area contributed by atoms with Crippen LogP contribution < -0.4 is 9.88 Å². The van der Waals surface area contributed by atoms with Gasteiger partial charge in [0.15, 0.2) is 0 Å². The lowest BCUT2D eigenvalue weighted by atomic mass is 10.2. The fraction of sp³-hybridized carbons (Fsp3) is 0.0625. The third kappa shape index (κ3) is 3.58. The van der Waals surface area contributed by atoms with Gasteiger partial charge >= 0.3 is 6.03 Å². The first-order valence-electron chi connectivity index (χ1n) is 6.62. The molecule has 2 aromatic rings. The molecule has 0 bridgehead atoms. The van der Waals surface area contributed by atoms with Crippen LogP contribution in [0.3, 0.4) is 0 Å². The fourth-order valence-electron chi connectivity index (χ4n) is 1.90. The average molecular weight is 282 g/mol. The first-order valence-corrected chi connectivity index (χ1v) is 8.32. The normalized spacial score (nSPS) is 10.4. The molecule has 20 heavy (non-hydrogen) atoms. The highest BCUT2D eigenvalue weighted by Gasteiger charge is 2.16. The number of nitrogens with one attached hydrogen (secondary N) is 1. The van der Waals surface area contributed by atoms with Crippen LogP contribution in [-0.4, -0.2) is 15.7 Å². The molecule has 2 amide bonds. The number of nitrogens with zero attached hydrogens (tertiary/aromatic N) is 1. The Morgan fingerprint density at radius 2 is 1.55 bits per heavy atom. The minimum absolute atomic E-state index is 0.0732. The smallest absolute Gasteiger partial charge is 0.318 e. The van der Waals surface area contributed by atoms with Crippen molar-refractivity contribution in [2.75, 3.05) is 4.90 Å². The van der Waals surface area contributed by atoms with Gasteiger partial charge in [0.05, 0.1) is 11.4 Å². The molecule has 0 heterocycles. The molecule has 2 rings (SSSR count). The number of hydrogen-bond acceptors (Lipinski definition) is 1. The number of amides is 2. The number of para-hydroxylation sites is 2. The molecule has 2 aromatic carbocycles. The highest BCUT2D eigenvalue weighted by molar-refractivity contribution is 6.38. The van der Waals surface area contributed by atoms with E-state index >= 15 is 0 Å². The topological polar surface area (TPSA) is 32.3 Å². The van der Waals surface area contributed by atoms with Gasteiger partial charge in [-0.3, -0.25) is 4.90 Å². The molecule has 0 saturated heterocycles. The quantitative estimate of drug-likeness (QED) is 0.510. The van der Waals surface area contributed by atoms with E-state index in [9.17, 15) is 4.79 Å². The molecule has 0 atom stereocenters. The van der Waals surface area contributed by atoms with Crippen molar-refractivity contribution in [1.82, 2.24) is 4.98 Å². The highest BCUT2D eigenvalue weighted by atomic mass is 28.2. The third-order valence-corrected chi connectivity index (χ3v) is 4.11. The van der Waals surface area contributed by atoms with Crippen LogP contribution in [0.25, 0.3) is 0 Å². The van der Waals surface area contributed by atoms with E-state index in [0.717, 1.165) is 17.4 Å². The van der Waals surface area contributed by atoms with Gasteiger partial charge in [-0.1, -0.05) is 42.5 Å². The Morgan fingerprint density at radius 1 is 1.05 bits per heavy atom. The van der Waals surface area contributed by atoms with Crippen molar-refractivity contribution < 1.29 is 4.79 Å². The summed E-state index contributed by atoms with van der Waals surface area (Å²) >= 11 is 0. The maximum atomic E-state index is 12.4. The number of hydrogen-bond donors (Lipinski definition) is 1. The van der Waals surface area contributed by atoms with E-state index < -0.39 is 9.68 Å². The van der Waals surface area contributed by atoms with Crippen LogP contribution >= 0.6 is 0 Å². The van der Waals surface area contributed by atoms with Crippen LogP contribution in [0.4, 0.5) is 16.2 Å². The molecular formula is C16H18N2OSi. The highest BCUT2D eigenvalue weighted by Crippen LogP contribution is 2.24. The van der Waals surface area contributed by atoms with Gasteiger partial charge in [-0.2, -0.15) is 0 Å². The van der Waals surface area contributed by atoms with Crippen molar-refractivity contribution in [3.63, 3.8) is 0 Å². The average Bonchev–Trinajstić information content (AvgIpc) is 2.50. The lowest BCUT2D eigenvalue weighted by Gasteiger charge is -2.23. The second-order valence-electron chi connectivity index (χ2n) is 4.32. The molecule has 0 saturated carbocycles. The first-order chi connectivity index (χ1) is 9.83. The van der Waals surface area contributed by atoms with Gasteiger partial charge in [0.2, 0.25) is 0 Å². The molecule has 0 aliphatic heterocycles. The summed E-state index contributed by atoms with van der Waals surface area (Å²) in [6.45, 7) is 3.69. The van der Waals surface area contributed by atoms with E-state index in [1.807, 2.05) is 66.7 Å². The summed E-state index contributed by atoms with van der Waals surface area (Å²) < 4.78 is 0. The van der Waals surface area contributed by atoms with E-state index in [0.29, 0.717) is 0 Å². The third-order valence-electron chi connectivity index (χ3n) is 2.86. The minimum Gasteiger partial charge on any atom is -0.369 e. The summed E-state index contributed by atoms with van der Waals surface area (Å²) in [6, 6.07) is 20.2. The molecule has 0 spiro atoms. The Kier molecular flexibility index (Phi) is 5.14. The van der Waals surface area contributed by atoms with Gasteiger partial charge < -0.3 is 4.98 Å². The zero-order chi connectivity index (χ0) is 14.2. The number of benzene rings is 2. The zero-order valence-corrected chi connectivity index (χ0v) is 12.7. The molecule has 0 unspecified atom stereocenters. The van der Waals surface area contributed by atoms with Crippen LogP contribution in [0.15, 0.2) is 73.3 Å². The summed E-state index contributed by atoms with van der Waals surface area (Å²) in [4.78, 5) is 17.2. The molecule has 0 radical (unpaired) electrons. The number of anilines is 2. The minimum atomic E-state index is -0.648. The van der Waals surface area contributed by atoms with Gasteiger partial charge in [0.1, 0.15) is 9.68 Å². The van der Waals surface area contributed by atoms with Gasteiger partial charge in [0, 0.05) is 0 Å². The van der Waals surface area contributed by atoms with Gasteiger partial charge in [0.25, 0.3) is 0 Å². The van der Waals surface area contributed by atoms with E-state index in [4.69, 9.17) is 0 Å². The molecule has 102 valence electrons. The van der Waals surface area contributed by atoms with Crippen molar-refractivity contribution in [3.05, 3.63) is 73.3 Å². The monoisotopic (exact) mass is 282 g/mol. The molecule has 0 aliphatic rings. The number of carbonyl (C=O) groups is 1. The van der Waals surface area contributed by atoms with E-state index in [1.165, 1.54) is 0 Å². The van der Waals surface area contributed by atoms with Crippen molar-refractivity contribution in [3.8, 4) is 0 Å². The van der Waals surface area contributed by atoms with Crippen LogP contribution in [-0.2, 0) is 0 Å². The Labute approximate surface area is 121 Å². The van der Waals surface area contributed by atoms with Gasteiger partial charge in [-0.05, 0) is 30.3 Å². The predicted octanol–water partition coefficient (Wildman–Crippen LogP) is 3.22. The Balaban J connectivity index is 2.25. The number of allylic oxidation sites excluding steroid dienone is 1. The molecule has 0 aliphatic carbocycles. The van der Waals surface area contributed by atoms with E-state index in [2.05, 4.69) is 11.6 Å². The Hall–Kier alpha value is -2.33.